The van der Waals surface area contributed by atoms with Crippen molar-refractivity contribution in [1.82, 2.24) is 0 Å². The SMILES string of the molecule is Cc1ccccc1NC(=O)c1sc2c(c1C)[C@@H](c1c(F)cccc1F)CC(=O)N2. The van der Waals surface area contributed by atoms with Gasteiger partial charge in [0.1, 0.15) is 11.6 Å². The average Bonchev–Trinajstić information content (AvgIpc) is 3.00. The van der Waals surface area contributed by atoms with Crippen molar-refractivity contribution in [3.05, 3.63) is 81.2 Å². The molecule has 4 rings (SSSR count). The summed E-state index contributed by atoms with van der Waals surface area (Å²) in [6.07, 6.45) is -0.0821. The van der Waals surface area contributed by atoms with Crippen molar-refractivity contribution in [2.45, 2.75) is 26.2 Å². The van der Waals surface area contributed by atoms with Gasteiger partial charge in [0.05, 0.1) is 9.88 Å². The summed E-state index contributed by atoms with van der Waals surface area (Å²) in [5.74, 6) is -2.84. The van der Waals surface area contributed by atoms with Crippen molar-refractivity contribution >= 4 is 33.8 Å². The first-order valence-electron chi connectivity index (χ1n) is 9.10. The quantitative estimate of drug-likeness (QED) is 0.608. The Morgan fingerprint density at radius 1 is 1.07 bits per heavy atom. The maximum atomic E-state index is 14.4. The van der Waals surface area contributed by atoms with Crippen LogP contribution in [0.2, 0.25) is 0 Å². The van der Waals surface area contributed by atoms with Crippen LogP contribution in [0.3, 0.4) is 0 Å². The highest BCUT2D eigenvalue weighted by Gasteiger charge is 2.35. The molecule has 1 aliphatic rings. The average molecular weight is 412 g/mol. The summed E-state index contributed by atoms with van der Waals surface area (Å²) in [5.41, 5.74) is 2.66. The third-order valence-corrected chi connectivity index (χ3v) is 6.35. The molecule has 3 aromatic rings. The van der Waals surface area contributed by atoms with E-state index in [1.54, 1.807) is 13.0 Å². The fourth-order valence-corrected chi connectivity index (χ4v) is 4.88. The van der Waals surface area contributed by atoms with Crippen LogP contribution in [-0.4, -0.2) is 11.8 Å². The summed E-state index contributed by atoms with van der Waals surface area (Å²) in [6.45, 7) is 3.63. The van der Waals surface area contributed by atoms with Crippen LogP contribution in [0.4, 0.5) is 19.5 Å². The van der Waals surface area contributed by atoms with Crippen LogP contribution in [0.25, 0.3) is 0 Å². The van der Waals surface area contributed by atoms with E-state index in [0.29, 0.717) is 26.7 Å². The van der Waals surface area contributed by atoms with Crippen molar-refractivity contribution in [2.24, 2.45) is 0 Å². The summed E-state index contributed by atoms with van der Waals surface area (Å²) < 4.78 is 28.9. The minimum absolute atomic E-state index is 0.0821. The van der Waals surface area contributed by atoms with Gasteiger partial charge in [-0.2, -0.15) is 0 Å². The van der Waals surface area contributed by atoms with Gasteiger partial charge in [0.2, 0.25) is 5.91 Å². The Morgan fingerprint density at radius 2 is 1.76 bits per heavy atom. The number of aryl methyl sites for hydroxylation is 1. The van der Waals surface area contributed by atoms with E-state index in [-0.39, 0.29) is 23.8 Å². The van der Waals surface area contributed by atoms with Crippen LogP contribution in [0, 0.1) is 25.5 Å². The number of para-hydroxylation sites is 1. The minimum atomic E-state index is -0.781. The smallest absolute Gasteiger partial charge is 0.266 e. The predicted molar refractivity (Wildman–Crippen MR) is 110 cm³/mol. The van der Waals surface area contributed by atoms with Gasteiger partial charge < -0.3 is 10.6 Å². The van der Waals surface area contributed by atoms with Crippen molar-refractivity contribution < 1.29 is 18.4 Å². The van der Waals surface area contributed by atoms with Gasteiger partial charge in [0, 0.05) is 23.6 Å². The molecule has 7 heteroatoms. The second-order valence-electron chi connectivity index (χ2n) is 7.01. The number of amides is 2. The molecule has 0 unspecified atom stereocenters. The first kappa shape index (κ1) is 19.3. The molecule has 1 atom stereocenters. The molecular formula is C22H18F2N2O2S. The van der Waals surface area contributed by atoms with Crippen molar-refractivity contribution in [2.75, 3.05) is 10.6 Å². The highest BCUT2D eigenvalue weighted by molar-refractivity contribution is 7.18. The third-order valence-electron chi connectivity index (χ3n) is 5.13. The third kappa shape index (κ3) is 3.42. The fourth-order valence-electron chi connectivity index (χ4n) is 3.70. The van der Waals surface area contributed by atoms with E-state index in [0.717, 1.165) is 16.9 Å². The molecule has 1 aromatic heterocycles. The molecule has 2 heterocycles. The number of carbonyl (C=O) groups is 2. The first-order chi connectivity index (χ1) is 13.9. The van der Waals surface area contributed by atoms with E-state index in [1.807, 2.05) is 25.1 Å². The second-order valence-corrected chi connectivity index (χ2v) is 8.03. The normalized spacial score (nSPS) is 15.6. The molecular weight excluding hydrogens is 394 g/mol. The Hall–Kier alpha value is -3.06. The number of halogens is 2. The number of fused-ring (bicyclic) bond motifs is 1. The van der Waals surface area contributed by atoms with E-state index >= 15 is 0 Å². The molecule has 148 valence electrons. The van der Waals surface area contributed by atoms with Crippen molar-refractivity contribution in [3.63, 3.8) is 0 Å². The molecule has 0 spiro atoms. The lowest BCUT2D eigenvalue weighted by atomic mass is 9.84. The van der Waals surface area contributed by atoms with Crippen LogP contribution in [0.1, 0.15) is 44.3 Å². The lowest BCUT2D eigenvalue weighted by Crippen LogP contribution is -2.24. The van der Waals surface area contributed by atoms with E-state index in [2.05, 4.69) is 10.6 Å². The number of hydrogen-bond donors (Lipinski definition) is 2. The highest BCUT2D eigenvalue weighted by atomic mass is 32.1. The van der Waals surface area contributed by atoms with Crippen LogP contribution in [0.15, 0.2) is 42.5 Å². The molecule has 0 bridgehead atoms. The summed E-state index contributed by atoms with van der Waals surface area (Å²) in [7, 11) is 0. The van der Waals surface area contributed by atoms with Gasteiger partial charge in [-0.05, 0) is 48.7 Å². The van der Waals surface area contributed by atoms with Crippen molar-refractivity contribution in [3.8, 4) is 0 Å². The summed E-state index contributed by atoms with van der Waals surface area (Å²) in [5, 5.41) is 6.08. The minimum Gasteiger partial charge on any atom is -0.321 e. The zero-order valence-electron chi connectivity index (χ0n) is 15.8. The van der Waals surface area contributed by atoms with Gasteiger partial charge in [0.25, 0.3) is 5.91 Å². The summed E-state index contributed by atoms with van der Waals surface area (Å²) >= 11 is 1.12. The van der Waals surface area contributed by atoms with Gasteiger partial charge in [-0.1, -0.05) is 24.3 Å². The molecule has 2 N–H and O–H groups in total. The van der Waals surface area contributed by atoms with Gasteiger partial charge in [0.15, 0.2) is 0 Å². The van der Waals surface area contributed by atoms with E-state index in [9.17, 15) is 18.4 Å². The molecule has 0 radical (unpaired) electrons. The predicted octanol–water partition coefficient (Wildman–Crippen LogP) is 5.37. The molecule has 0 fully saturated rings. The number of thiophene rings is 1. The van der Waals surface area contributed by atoms with E-state index < -0.39 is 17.6 Å². The molecule has 4 nitrogen and oxygen atoms in total. The van der Waals surface area contributed by atoms with E-state index in [4.69, 9.17) is 0 Å². The van der Waals surface area contributed by atoms with E-state index in [1.165, 1.54) is 18.2 Å². The van der Waals surface area contributed by atoms with Gasteiger partial charge in [-0.15, -0.1) is 11.3 Å². The number of rotatable bonds is 3. The molecule has 0 saturated carbocycles. The van der Waals surface area contributed by atoms with Crippen LogP contribution in [0.5, 0.6) is 0 Å². The molecule has 29 heavy (non-hydrogen) atoms. The largest absolute Gasteiger partial charge is 0.321 e. The summed E-state index contributed by atoms with van der Waals surface area (Å²) in [6, 6.07) is 11.0. The molecule has 2 amide bonds. The van der Waals surface area contributed by atoms with Gasteiger partial charge >= 0.3 is 0 Å². The van der Waals surface area contributed by atoms with Crippen LogP contribution >= 0.6 is 11.3 Å². The number of carbonyl (C=O) groups excluding carboxylic acids is 2. The monoisotopic (exact) mass is 412 g/mol. The Labute approximate surface area is 170 Å². The zero-order chi connectivity index (χ0) is 20.7. The number of anilines is 2. The highest BCUT2D eigenvalue weighted by Crippen LogP contribution is 2.46. The molecule has 2 aromatic carbocycles. The van der Waals surface area contributed by atoms with Crippen LogP contribution in [-0.2, 0) is 4.79 Å². The maximum Gasteiger partial charge on any atom is 0.266 e. The standard InChI is InChI=1S/C22H18F2N2O2S/c1-11-6-3-4-9-16(11)25-21(28)20-12(2)18-13(10-17(27)26-22(18)29-20)19-14(23)7-5-8-15(19)24/h3-9,13H,10H2,1-2H3,(H,25,28)(H,26,27)/t13-/m0/s1. The lowest BCUT2D eigenvalue weighted by molar-refractivity contribution is -0.116. The number of nitrogens with one attached hydrogen (secondary N) is 2. The molecule has 0 aliphatic carbocycles. The first-order valence-corrected chi connectivity index (χ1v) is 9.92. The lowest BCUT2D eigenvalue weighted by Gasteiger charge is -2.24. The van der Waals surface area contributed by atoms with Crippen LogP contribution < -0.4 is 10.6 Å². The topological polar surface area (TPSA) is 58.2 Å². The Balaban J connectivity index is 1.77. The number of hydrogen-bond acceptors (Lipinski definition) is 3. The second kappa shape index (κ2) is 7.40. The van der Waals surface area contributed by atoms with Crippen molar-refractivity contribution in [1.29, 1.82) is 0 Å². The Bertz CT molecular complexity index is 1120. The molecule has 0 saturated heterocycles. The van der Waals surface area contributed by atoms with Gasteiger partial charge in [-0.3, -0.25) is 9.59 Å². The van der Waals surface area contributed by atoms with Gasteiger partial charge in [-0.25, -0.2) is 8.78 Å². The zero-order valence-corrected chi connectivity index (χ0v) is 16.6. The Morgan fingerprint density at radius 3 is 2.45 bits per heavy atom. The Kier molecular flexibility index (Phi) is 4.92. The number of benzene rings is 2. The fraction of sp³-hybridized carbons (Fsp3) is 0.182. The summed E-state index contributed by atoms with van der Waals surface area (Å²) in [4.78, 5) is 25.5. The molecule has 1 aliphatic heterocycles. The maximum absolute atomic E-state index is 14.4.